The van der Waals surface area contributed by atoms with E-state index >= 15 is 0 Å². The van der Waals surface area contributed by atoms with Crippen molar-refractivity contribution in [2.75, 3.05) is 51.4 Å². The molecule has 0 bridgehead atoms. The molecule has 10 nitrogen and oxygen atoms in total. The molecule has 194 valence electrons. The topological polar surface area (TPSA) is 116 Å². The van der Waals surface area contributed by atoms with Crippen LogP contribution in [0.3, 0.4) is 0 Å². The maximum absolute atomic E-state index is 13.1. The monoisotopic (exact) mass is 535 g/mol. The Kier molecular flexibility index (Phi) is 8.29. The molecule has 0 atom stereocenters. The first-order valence-electron chi connectivity index (χ1n) is 11.7. The van der Waals surface area contributed by atoms with Gasteiger partial charge in [-0.2, -0.15) is 4.31 Å². The van der Waals surface area contributed by atoms with Crippen molar-refractivity contribution in [1.29, 1.82) is 0 Å². The summed E-state index contributed by atoms with van der Waals surface area (Å²) < 4.78 is 50.4. The number of fused-ring (bicyclic) bond motifs is 1. The number of nitrogens with zero attached hydrogens (tertiary/aromatic N) is 2. The van der Waals surface area contributed by atoms with E-state index in [9.17, 15) is 13.2 Å². The molecule has 2 aromatic carbocycles. The van der Waals surface area contributed by atoms with Crippen molar-refractivity contribution < 1.29 is 32.2 Å². The molecule has 1 saturated heterocycles. The first kappa shape index (κ1) is 26.1. The molecule has 0 aliphatic carbocycles. The highest BCUT2D eigenvalue weighted by atomic mass is 32.2. The number of sulfonamides is 1. The Bertz CT molecular complexity index is 1310. The number of hydrogen-bond donors (Lipinski definition) is 1. The van der Waals surface area contributed by atoms with Crippen LogP contribution in [0, 0.1) is 0 Å². The van der Waals surface area contributed by atoms with Gasteiger partial charge < -0.3 is 18.9 Å². The van der Waals surface area contributed by atoms with Gasteiger partial charge in [-0.25, -0.2) is 13.4 Å². The molecule has 1 aromatic heterocycles. The van der Waals surface area contributed by atoms with Gasteiger partial charge in [0.05, 0.1) is 48.1 Å². The van der Waals surface area contributed by atoms with Crippen molar-refractivity contribution in [3.63, 3.8) is 0 Å². The first-order valence-corrected chi connectivity index (χ1v) is 14.0. The van der Waals surface area contributed by atoms with E-state index in [1.165, 1.54) is 21.7 Å². The van der Waals surface area contributed by atoms with E-state index < -0.39 is 15.9 Å². The third-order valence-corrected chi connectivity index (χ3v) is 8.19. The van der Waals surface area contributed by atoms with Crippen LogP contribution in [0.25, 0.3) is 10.2 Å². The summed E-state index contributed by atoms with van der Waals surface area (Å²) in [6, 6.07) is 7.98. The number of thiazole rings is 1. The quantitative estimate of drug-likeness (QED) is 0.417. The fraction of sp³-hybridized carbons (Fsp3) is 0.417. The molecule has 0 spiro atoms. The van der Waals surface area contributed by atoms with Gasteiger partial charge in [0.25, 0.3) is 5.91 Å². The number of amides is 1. The fourth-order valence-corrected chi connectivity index (χ4v) is 6.15. The molecule has 1 aliphatic heterocycles. The minimum Gasteiger partial charge on any atom is -0.490 e. The Morgan fingerprint density at radius 1 is 1.03 bits per heavy atom. The predicted octanol–water partition coefficient (Wildman–Crippen LogP) is 3.77. The highest BCUT2D eigenvalue weighted by Gasteiger charge is 2.27. The summed E-state index contributed by atoms with van der Waals surface area (Å²) in [7, 11) is -3.63. The molecule has 1 N–H and O–H groups in total. The number of ether oxygens (including phenoxy) is 4. The summed E-state index contributed by atoms with van der Waals surface area (Å²) in [5.74, 6) is 0.877. The van der Waals surface area contributed by atoms with Gasteiger partial charge in [-0.15, -0.1) is 0 Å². The number of rotatable bonds is 10. The van der Waals surface area contributed by atoms with E-state index in [1.807, 2.05) is 20.8 Å². The third kappa shape index (κ3) is 5.56. The SMILES string of the molecule is CCOc1cc(C(=O)Nc2nc3ccc(S(=O)(=O)N4CCOCC4)cc3s2)cc(OCC)c1OCC. The van der Waals surface area contributed by atoms with Crippen LogP contribution in [-0.2, 0) is 14.8 Å². The van der Waals surface area contributed by atoms with Gasteiger partial charge in [0, 0.05) is 18.7 Å². The van der Waals surface area contributed by atoms with Gasteiger partial charge in [-0.3, -0.25) is 10.1 Å². The second-order valence-corrected chi connectivity index (χ2v) is 10.7. The lowest BCUT2D eigenvalue weighted by atomic mass is 10.1. The number of morpholine rings is 1. The number of nitrogens with one attached hydrogen (secondary N) is 1. The molecule has 1 aliphatic rings. The van der Waals surface area contributed by atoms with Crippen LogP contribution < -0.4 is 19.5 Å². The Balaban J connectivity index is 1.59. The third-order valence-electron chi connectivity index (χ3n) is 5.36. The van der Waals surface area contributed by atoms with E-state index in [-0.39, 0.29) is 4.90 Å². The molecule has 1 amide bonds. The highest BCUT2D eigenvalue weighted by Crippen LogP contribution is 2.39. The van der Waals surface area contributed by atoms with E-state index in [1.54, 1.807) is 24.3 Å². The minimum absolute atomic E-state index is 0.188. The molecule has 0 radical (unpaired) electrons. The Hall–Kier alpha value is -2.93. The number of benzene rings is 2. The van der Waals surface area contributed by atoms with E-state index in [0.29, 0.717) is 84.3 Å². The minimum atomic E-state index is -3.63. The van der Waals surface area contributed by atoms with Crippen molar-refractivity contribution in [1.82, 2.24) is 9.29 Å². The first-order chi connectivity index (χ1) is 17.4. The molecular formula is C24H29N3O7S2. The van der Waals surface area contributed by atoms with Crippen LogP contribution >= 0.6 is 11.3 Å². The van der Waals surface area contributed by atoms with Crippen molar-refractivity contribution in [3.8, 4) is 17.2 Å². The highest BCUT2D eigenvalue weighted by molar-refractivity contribution is 7.89. The number of aromatic nitrogens is 1. The number of anilines is 1. The van der Waals surface area contributed by atoms with Gasteiger partial charge in [-0.05, 0) is 51.1 Å². The number of carbonyl (C=O) groups excluding carboxylic acids is 1. The van der Waals surface area contributed by atoms with Crippen molar-refractivity contribution >= 4 is 42.6 Å². The smallest absolute Gasteiger partial charge is 0.257 e. The zero-order valence-electron chi connectivity index (χ0n) is 20.4. The molecule has 3 aromatic rings. The average Bonchev–Trinajstić information content (AvgIpc) is 3.28. The van der Waals surface area contributed by atoms with E-state index in [4.69, 9.17) is 18.9 Å². The maximum Gasteiger partial charge on any atom is 0.257 e. The van der Waals surface area contributed by atoms with Gasteiger partial charge in [0.1, 0.15) is 0 Å². The van der Waals surface area contributed by atoms with Gasteiger partial charge in [-0.1, -0.05) is 11.3 Å². The van der Waals surface area contributed by atoms with Gasteiger partial charge in [0.2, 0.25) is 15.8 Å². The average molecular weight is 536 g/mol. The largest absolute Gasteiger partial charge is 0.490 e. The van der Waals surface area contributed by atoms with Crippen LogP contribution in [0.1, 0.15) is 31.1 Å². The number of carbonyl (C=O) groups is 1. The molecule has 36 heavy (non-hydrogen) atoms. The summed E-state index contributed by atoms with van der Waals surface area (Å²) in [5, 5.41) is 3.15. The zero-order chi connectivity index (χ0) is 25.7. The Morgan fingerprint density at radius 3 is 2.28 bits per heavy atom. The Morgan fingerprint density at radius 2 is 1.67 bits per heavy atom. The molecule has 1 fully saturated rings. The lowest BCUT2D eigenvalue weighted by Gasteiger charge is -2.25. The number of hydrogen-bond acceptors (Lipinski definition) is 9. The van der Waals surface area contributed by atoms with E-state index in [0.717, 1.165) is 0 Å². The predicted molar refractivity (Wildman–Crippen MR) is 137 cm³/mol. The summed E-state index contributed by atoms with van der Waals surface area (Å²) in [4.78, 5) is 17.7. The zero-order valence-corrected chi connectivity index (χ0v) is 22.0. The van der Waals surface area contributed by atoms with Crippen LogP contribution in [0.2, 0.25) is 0 Å². The lowest BCUT2D eigenvalue weighted by molar-refractivity contribution is 0.0730. The van der Waals surface area contributed by atoms with Crippen LogP contribution in [0.4, 0.5) is 5.13 Å². The molecule has 0 unspecified atom stereocenters. The summed E-state index contributed by atoms with van der Waals surface area (Å²) in [6.07, 6.45) is 0. The van der Waals surface area contributed by atoms with Crippen molar-refractivity contribution in [3.05, 3.63) is 35.9 Å². The second-order valence-electron chi connectivity index (χ2n) is 7.72. The van der Waals surface area contributed by atoms with Crippen molar-refractivity contribution in [2.24, 2.45) is 0 Å². The summed E-state index contributed by atoms with van der Waals surface area (Å²) in [5.41, 5.74) is 0.910. The molecule has 12 heteroatoms. The summed E-state index contributed by atoms with van der Waals surface area (Å²) >= 11 is 1.20. The standard InChI is InChI=1S/C24H29N3O7S2/c1-4-32-19-13-16(14-20(33-5-2)22(19)34-6-3)23(28)26-24-25-18-8-7-17(15-21(18)35-24)36(29,30)27-9-11-31-12-10-27/h7-8,13-15H,4-6,9-12H2,1-3H3,(H,25,26,28). The van der Waals surface area contributed by atoms with Crippen LogP contribution in [-0.4, -0.2) is 69.7 Å². The Labute approximate surface area is 214 Å². The normalized spacial score (nSPS) is 14.5. The summed E-state index contributed by atoms with van der Waals surface area (Å²) in [6.45, 7) is 8.14. The van der Waals surface area contributed by atoms with Crippen LogP contribution in [0.15, 0.2) is 35.2 Å². The molecule has 4 rings (SSSR count). The van der Waals surface area contributed by atoms with Crippen LogP contribution in [0.5, 0.6) is 17.2 Å². The lowest BCUT2D eigenvalue weighted by Crippen LogP contribution is -2.40. The molecule has 2 heterocycles. The van der Waals surface area contributed by atoms with Crippen molar-refractivity contribution in [2.45, 2.75) is 25.7 Å². The molecular weight excluding hydrogens is 506 g/mol. The fourth-order valence-electron chi connectivity index (χ4n) is 3.74. The second kappa shape index (κ2) is 11.4. The molecule has 0 saturated carbocycles. The van der Waals surface area contributed by atoms with Gasteiger partial charge >= 0.3 is 0 Å². The van der Waals surface area contributed by atoms with E-state index in [2.05, 4.69) is 10.3 Å². The van der Waals surface area contributed by atoms with Gasteiger partial charge in [0.15, 0.2) is 16.6 Å². The maximum atomic E-state index is 13.1.